The summed E-state index contributed by atoms with van der Waals surface area (Å²) in [4.78, 5) is 2.84. The van der Waals surface area contributed by atoms with Gasteiger partial charge in [0.25, 0.3) is 0 Å². The van der Waals surface area contributed by atoms with Crippen LogP contribution in [0.2, 0.25) is 0 Å². The van der Waals surface area contributed by atoms with Crippen molar-refractivity contribution in [3.8, 4) is 0 Å². The van der Waals surface area contributed by atoms with E-state index in [2.05, 4.69) is 10.0 Å². The molecular formula is C15H19N3O4S. The molecule has 1 N–H and O–H groups in total. The Morgan fingerprint density at radius 2 is 2.13 bits per heavy atom. The summed E-state index contributed by atoms with van der Waals surface area (Å²) in [5.74, 6) is 0.792. The second kappa shape index (κ2) is 7.53. The van der Waals surface area contributed by atoms with Gasteiger partial charge in [-0.15, -0.1) is 11.8 Å². The Labute approximate surface area is 138 Å². The van der Waals surface area contributed by atoms with Gasteiger partial charge in [-0.2, -0.15) is 0 Å². The number of azide groups is 1. The number of aliphatic hydroxyl groups is 1. The van der Waals surface area contributed by atoms with E-state index in [9.17, 15) is 5.11 Å². The van der Waals surface area contributed by atoms with E-state index in [0.29, 0.717) is 6.61 Å². The summed E-state index contributed by atoms with van der Waals surface area (Å²) in [7, 11) is 0. The first-order chi connectivity index (χ1) is 11.2. The molecule has 124 valence electrons. The zero-order valence-corrected chi connectivity index (χ0v) is 13.5. The molecule has 0 aromatic heterocycles. The normalized spacial score (nSPS) is 36.8. The van der Waals surface area contributed by atoms with E-state index in [-0.39, 0.29) is 6.10 Å². The smallest absolute Gasteiger partial charge is 0.184 e. The Bertz CT molecular complexity index is 569. The summed E-state index contributed by atoms with van der Waals surface area (Å²) in [5, 5.41) is 14.3. The first kappa shape index (κ1) is 16.6. The maximum atomic E-state index is 10.6. The van der Waals surface area contributed by atoms with Crippen molar-refractivity contribution in [2.45, 2.75) is 43.0 Å². The second-order valence-corrected chi connectivity index (χ2v) is 6.74. The number of rotatable bonds is 4. The van der Waals surface area contributed by atoms with Gasteiger partial charge in [0.2, 0.25) is 0 Å². The van der Waals surface area contributed by atoms with Crippen LogP contribution in [0.25, 0.3) is 10.4 Å². The third-order valence-electron chi connectivity index (χ3n) is 3.92. The largest absolute Gasteiger partial charge is 0.390 e. The van der Waals surface area contributed by atoms with Gasteiger partial charge in [0.05, 0.1) is 12.7 Å². The van der Waals surface area contributed by atoms with Crippen molar-refractivity contribution in [2.24, 2.45) is 5.11 Å². The predicted octanol–water partition coefficient (Wildman–Crippen LogP) is 2.62. The van der Waals surface area contributed by atoms with Crippen LogP contribution in [0, 0.1) is 0 Å². The predicted molar refractivity (Wildman–Crippen MR) is 85.7 cm³/mol. The van der Waals surface area contributed by atoms with Crippen molar-refractivity contribution >= 4 is 11.8 Å². The summed E-state index contributed by atoms with van der Waals surface area (Å²) in [6.45, 7) is 2.31. The van der Waals surface area contributed by atoms with Gasteiger partial charge in [0.1, 0.15) is 23.7 Å². The van der Waals surface area contributed by atoms with Crippen LogP contribution < -0.4 is 0 Å². The lowest BCUT2D eigenvalue weighted by atomic mass is 9.97. The van der Waals surface area contributed by atoms with Crippen LogP contribution in [0.4, 0.5) is 0 Å². The molecule has 0 spiro atoms. The van der Waals surface area contributed by atoms with E-state index in [0.717, 1.165) is 11.3 Å². The van der Waals surface area contributed by atoms with Crippen molar-refractivity contribution in [3.05, 3.63) is 46.3 Å². The Morgan fingerprint density at radius 1 is 1.35 bits per heavy atom. The van der Waals surface area contributed by atoms with Gasteiger partial charge < -0.3 is 19.3 Å². The van der Waals surface area contributed by atoms with E-state index >= 15 is 0 Å². The van der Waals surface area contributed by atoms with Crippen LogP contribution >= 0.6 is 11.8 Å². The minimum absolute atomic E-state index is 0.324. The topological polar surface area (TPSA) is 96.7 Å². The molecule has 0 bridgehead atoms. The molecule has 6 atom stereocenters. The van der Waals surface area contributed by atoms with E-state index in [1.54, 1.807) is 0 Å². The Balaban J connectivity index is 1.77. The molecule has 0 saturated carbocycles. The summed E-state index contributed by atoms with van der Waals surface area (Å²) in [6.07, 6.45) is -2.45. The SMILES string of the molecule is CCS[C@H]1O[C@@H]2COC(c3ccccc3)O[C@H]2[C@H](O)[C@@H]1N=[N+]=[N-]. The maximum Gasteiger partial charge on any atom is 0.184 e. The fraction of sp³-hybridized carbons (Fsp3) is 0.600. The molecule has 2 fully saturated rings. The molecule has 0 aliphatic carbocycles. The average Bonchev–Trinajstić information content (AvgIpc) is 2.59. The molecule has 1 aromatic carbocycles. The van der Waals surface area contributed by atoms with E-state index in [4.69, 9.17) is 19.7 Å². The van der Waals surface area contributed by atoms with Crippen LogP contribution in [0.1, 0.15) is 18.8 Å². The van der Waals surface area contributed by atoms with E-state index in [1.807, 2.05) is 37.3 Å². The molecule has 1 unspecified atom stereocenters. The van der Waals surface area contributed by atoms with Crippen LogP contribution in [0.3, 0.4) is 0 Å². The number of nitrogens with zero attached hydrogens (tertiary/aromatic N) is 3. The molecule has 3 rings (SSSR count). The maximum absolute atomic E-state index is 10.6. The lowest BCUT2D eigenvalue weighted by molar-refractivity contribution is -0.305. The molecule has 8 heteroatoms. The highest BCUT2D eigenvalue weighted by Crippen LogP contribution is 2.37. The summed E-state index contributed by atoms with van der Waals surface area (Å²) < 4.78 is 17.6. The van der Waals surface area contributed by atoms with E-state index < -0.39 is 30.0 Å². The van der Waals surface area contributed by atoms with Gasteiger partial charge in [0, 0.05) is 10.5 Å². The molecular weight excluding hydrogens is 318 g/mol. The van der Waals surface area contributed by atoms with Gasteiger partial charge in [-0.25, -0.2) is 0 Å². The van der Waals surface area contributed by atoms with Crippen LogP contribution in [-0.2, 0) is 14.2 Å². The number of ether oxygens (including phenoxy) is 3. The molecule has 2 saturated heterocycles. The molecule has 7 nitrogen and oxygen atoms in total. The highest BCUT2D eigenvalue weighted by atomic mass is 32.2. The quantitative estimate of drug-likeness (QED) is 0.517. The van der Waals surface area contributed by atoms with Gasteiger partial charge >= 0.3 is 0 Å². The fourth-order valence-electron chi connectivity index (χ4n) is 2.84. The highest BCUT2D eigenvalue weighted by Gasteiger charge is 2.49. The molecule has 0 amide bonds. The van der Waals surface area contributed by atoms with Crippen LogP contribution in [-0.4, -0.2) is 47.3 Å². The lowest BCUT2D eigenvalue weighted by Gasteiger charge is -2.46. The number of benzene rings is 1. The Kier molecular flexibility index (Phi) is 5.42. The number of fused-ring (bicyclic) bond motifs is 1. The van der Waals surface area contributed by atoms with Crippen LogP contribution in [0.5, 0.6) is 0 Å². The van der Waals surface area contributed by atoms with Crippen molar-refractivity contribution in [3.63, 3.8) is 0 Å². The molecule has 2 aliphatic rings. The summed E-state index contributed by atoms with van der Waals surface area (Å²) in [5.41, 5.74) is 9.25. The average molecular weight is 337 g/mol. The third kappa shape index (κ3) is 3.47. The van der Waals surface area contributed by atoms with Gasteiger partial charge in [-0.1, -0.05) is 42.4 Å². The monoisotopic (exact) mass is 337 g/mol. The van der Waals surface area contributed by atoms with Crippen molar-refractivity contribution in [2.75, 3.05) is 12.4 Å². The van der Waals surface area contributed by atoms with Crippen LogP contribution in [0.15, 0.2) is 35.4 Å². The third-order valence-corrected chi connectivity index (χ3v) is 4.97. The van der Waals surface area contributed by atoms with E-state index in [1.165, 1.54) is 11.8 Å². The van der Waals surface area contributed by atoms with Gasteiger partial charge in [0.15, 0.2) is 6.29 Å². The standard InChI is InChI=1S/C15H19N3O4S/c1-2-23-15-11(17-18-16)12(19)13-10(21-15)8-20-14(22-13)9-6-4-3-5-7-9/h3-7,10-15,19H,2,8H2,1H3/t10-,11+,12-,13-,14?,15-/m1/s1. The molecule has 0 radical (unpaired) electrons. The minimum Gasteiger partial charge on any atom is -0.390 e. The molecule has 2 aliphatic heterocycles. The Morgan fingerprint density at radius 3 is 2.83 bits per heavy atom. The Hall–Kier alpha value is -1.28. The number of aliphatic hydroxyl groups excluding tert-OH is 1. The summed E-state index contributed by atoms with van der Waals surface area (Å²) in [6, 6.07) is 8.85. The van der Waals surface area contributed by atoms with Crippen molar-refractivity contribution in [1.29, 1.82) is 0 Å². The first-order valence-corrected chi connectivity index (χ1v) is 8.60. The van der Waals surface area contributed by atoms with Gasteiger partial charge in [-0.05, 0) is 11.3 Å². The molecule has 2 heterocycles. The van der Waals surface area contributed by atoms with Crippen molar-refractivity contribution < 1.29 is 19.3 Å². The molecule has 23 heavy (non-hydrogen) atoms. The zero-order chi connectivity index (χ0) is 16.2. The summed E-state index contributed by atoms with van der Waals surface area (Å²) >= 11 is 1.50. The number of hydrogen-bond acceptors (Lipinski definition) is 6. The fourth-order valence-corrected chi connectivity index (χ4v) is 3.80. The second-order valence-electron chi connectivity index (χ2n) is 5.36. The van der Waals surface area contributed by atoms with Gasteiger partial charge in [-0.3, -0.25) is 0 Å². The first-order valence-electron chi connectivity index (χ1n) is 7.56. The highest BCUT2D eigenvalue weighted by molar-refractivity contribution is 7.99. The number of hydrogen-bond donors (Lipinski definition) is 1. The zero-order valence-electron chi connectivity index (χ0n) is 12.7. The lowest BCUT2D eigenvalue weighted by Crippen LogP contribution is -2.60. The minimum atomic E-state index is -0.927. The van der Waals surface area contributed by atoms with Crippen molar-refractivity contribution in [1.82, 2.24) is 0 Å². The molecule has 1 aromatic rings. The number of thioether (sulfide) groups is 1.